The summed E-state index contributed by atoms with van der Waals surface area (Å²) < 4.78 is 5.36. The number of aliphatic hydroxyl groups is 1. The van der Waals surface area contributed by atoms with Gasteiger partial charge in [0.25, 0.3) is 5.91 Å². The van der Waals surface area contributed by atoms with Crippen LogP contribution in [0.25, 0.3) is 0 Å². The number of likely N-dealkylation sites (tertiary alicyclic amines) is 1. The molecule has 0 saturated carbocycles. The molecule has 3 N–H and O–H groups in total. The molecule has 180 valence electrons. The van der Waals surface area contributed by atoms with Crippen molar-refractivity contribution < 1.29 is 19.4 Å². The lowest BCUT2D eigenvalue weighted by Gasteiger charge is -2.33. The summed E-state index contributed by atoms with van der Waals surface area (Å²) in [5, 5.41) is 16.9. The van der Waals surface area contributed by atoms with Gasteiger partial charge in [-0.3, -0.25) is 9.59 Å². The number of piperidine rings is 1. The molecule has 1 aromatic carbocycles. The SMILES string of the molecule is COc1ccc(C)c(NC(=O)c2cnc(NCC3CCN(C(=O)CC(C)(C)O)CC3)s2)c1C. The number of nitrogens with zero attached hydrogens (tertiary/aromatic N) is 2. The number of carbonyl (C=O) groups excluding carboxylic acids is 2. The van der Waals surface area contributed by atoms with Gasteiger partial charge in [-0.1, -0.05) is 17.4 Å². The number of hydrogen-bond donors (Lipinski definition) is 3. The van der Waals surface area contributed by atoms with Crippen molar-refractivity contribution in [3.63, 3.8) is 0 Å². The Bertz CT molecular complexity index is 991. The van der Waals surface area contributed by atoms with Gasteiger partial charge in [0.15, 0.2) is 5.13 Å². The Kier molecular flexibility index (Phi) is 7.97. The van der Waals surface area contributed by atoms with Crippen LogP contribution >= 0.6 is 11.3 Å². The van der Waals surface area contributed by atoms with Crippen molar-refractivity contribution in [3.8, 4) is 5.75 Å². The van der Waals surface area contributed by atoms with E-state index in [-0.39, 0.29) is 18.2 Å². The maximum Gasteiger partial charge on any atom is 0.267 e. The van der Waals surface area contributed by atoms with Gasteiger partial charge < -0.3 is 25.4 Å². The summed E-state index contributed by atoms with van der Waals surface area (Å²) in [7, 11) is 1.61. The Labute approximate surface area is 199 Å². The largest absolute Gasteiger partial charge is 0.496 e. The molecular weight excluding hydrogens is 440 g/mol. The smallest absolute Gasteiger partial charge is 0.267 e. The van der Waals surface area contributed by atoms with E-state index in [4.69, 9.17) is 4.74 Å². The highest BCUT2D eigenvalue weighted by molar-refractivity contribution is 7.17. The van der Waals surface area contributed by atoms with Crippen molar-refractivity contribution in [3.05, 3.63) is 34.3 Å². The molecule has 33 heavy (non-hydrogen) atoms. The van der Waals surface area contributed by atoms with Gasteiger partial charge in [0.1, 0.15) is 10.6 Å². The molecule has 2 amide bonds. The van der Waals surface area contributed by atoms with Crippen LogP contribution in [0.1, 0.15) is 53.9 Å². The van der Waals surface area contributed by atoms with Crippen molar-refractivity contribution >= 4 is 34.0 Å². The molecule has 0 bridgehead atoms. The third-order valence-electron chi connectivity index (χ3n) is 5.90. The van der Waals surface area contributed by atoms with Gasteiger partial charge >= 0.3 is 0 Å². The minimum atomic E-state index is -0.978. The number of anilines is 2. The van der Waals surface area contributed by atoms with Crippen LogP contribution in [0.4, 0.5) is 10.8 Å². The summed E-state index contributed by atoms with van der Waals surface area (Å²) in [6.07, 6.45) is 3.54. The standard InChI is InChI=1S/C24H34N4O4S/c1-15-6-7-18(32-5)16(2)21(15)27-22(30)19-14-26-23(33-19)25-13-17-8-10-28(11-9-17)20(29)12-24(3,4)31/h6-7,14,17,31H,8-13H2,1-5H3,(H,25,26)(H,27,30). The number of nitrogens with one attached hydrogen (secondary N) is 2. The monoisotopic (exact) mass is 474 g/mol. The van der Waals surface area contributed by atoms with Crippen LogP contribution in [0.2, 0.25) is 0 Å². The Morgan fingerprint density at radius 2 is 1.97 bits per heavy atom. The van der Waals surface area contributed by atoms with E-state index >= 15 is 0 Å². The van der Waals surface area contributed by atoms with Gasteiger partial charge in [0, 0.05) is 25.2 Å². The Balaban J connectivity index is 1.50. The lowest BCUT2D eigenvalue weighted by atomic mass is 9.95. The van der Waals surface area contributed by atoms with Crippen LogP contribution < -0.4 is 15.4 Å². The number of aromatic nitrogens is 1. The number of hydrogen-bond acceptors (Lipinski definition) is 7. The topological polar surface area (TPSA) is 104 Å². The Hall–Kier alpha value is -2.65. The molecule has 2 heterocycles. The fraction of sp³-hybridized carbons (Fsp3) is 0.542. The molecular formula is C24H34N4O4S. The maximum absolute atomic E-state index is 12.8. The second kappa shape index (κ2) is 10.5. The number of rotatable bonds is 8. The number of benzene rings is 1. The third kappa shape index (κ3) is 6.68. The van der Waals surface area contributed by atoms with Gasteiger partial charge in [-0.2, -0.15) is 0 Å². The predicted molar refractivity (Wildman–Crippen MR) is 131 cm³/mol. The molecule has 1 aliphatic heterocycles. The van der Waals surface area contributed by atoms with E-state index in [0.29, 0.717) is 29.0 Å². The molecule has 0 radical (unpaired) electrons. The molecule has 1 fully saturated rings. The van der Waals surface area contributed by atoms with E-state index in [1.807, 2.05) is 30.9 Å². The molecule has 9 heteroatoms. The fourth-order valence-corrected chi connectivity index (χ4v) is 4.70. The molecule has 1 saturated heterocycles. The van der Waals surface area contributed by atoms with E-state index in [1.165, 1.54) is 11.3 Å². The number of methoxy groups -OCH3 is 1. The van der Waals surface area contributed by atoms with E-state index in [2.05, 4.69) is 15.6 Å². The number of carbonyl (C=O) groups is 2. The van der Waals surface area contributed by atoms with Crippen LogP contribution in [-0.2, 0) is 4.79 Å². The number of thiazole rings is 1. The molecule has 0 spiro atoms. The van der Waals surface area contributed by atoms with Crippen molar-refractivity contribution in [1.82, 2.24) is 9.88 Å². The minimum absolute atomic E-state index is 0.00555. The lowest BCUT2D eigenvalue weighted by molar-refractivity contribution is -0.136. The molecule has 2 aromatic rings. The summed E-state index contributed by atoms with van der Waals surface area (Å²) in [5.41, 5.74) is 1.64. The second-order valence-electron chi connectivity index (χ2n) is 9.26. The van der Waals surface area contributed by atoms with Crippen LogP contribution in [0.5, 0.6) is 5.75 Å². The normalized spacial score (nSPS) is 14.8. The molecule has 8 nitrogen and oxygen atoms in total. The molecule has 1 aromatic heterocycles. The minimum Gasteiger partial charge on any atom is -0.496 e. The van der Waals surface area contributed by atoms with Gasteiger partial charge in [-0.25, -0.2) is 4.98 Å². The van der Waals surface area contributed by atoms with Crippen molar-refractivity contribution in [2.45, 2.75) is 52.6 Å². The first-order chi connectivity index (χ1) is 15.6. The Morgan fingerprint density at radius 1 is 1.27 bits per heavy atom. The first-order valence-electron chi connectivity index (χ1n) is 11.2. The van der Waals surface area contributed by atoms with Crippen LogP contribution in [0.3, 0.4) is 0 Å². The molecule has 0 unspecified atom stereocenters. The summed E-state index contributed by atoms with van der Waals surface area (Å²) >= 11 is 1.32. The quantitative estimate of drug-likeness (QED) is 0.537. The highest BCUT2D eigenvalue weighted by Gasteiger charge is 2.27. The number of amides is 2. The molecule has 3 rings (SSSR count). The second-order valence-corrected chi connectivity index (χ2v) is 10.3. The Morgan fingerprint density at radius 3 is 2.61 bits per heavy atom. The summed E-state index contributed by atoms with van der Waals surface area (Å²) in [6.45, 7) is 9.33. The van der Waals surface area contributed by atoms with Crippen molar-refractivity contribution in [2.24, 2.45) is 5.92 Å². The predicted octanol–water partition coefficient (Wildman–Crippen LogP) is 3.83. The summed E-state index contributed by atoms with van der Waals surface area (Å²) in [4.78, 5) is 31.8. The van der Waals surface area contributed by atoms with E-state index < -0.39 is 5.60 Å². The molecule has 0 aliphatic carbocycles. The zero-order valence-electron chi connectivity index (χ0n) is 20.0. The molecule has 1 aliphatic rings. The highest BCUT2D eigenvalue weighted by atomic mass is 32.1. The van der Waals surface area contributed by atoms with Crippen LogP contribution in [-0.4, -0.2) is 59.1 Å². The first kappa shape index (κ1) is 25.0. The maximum atomic E-state index is 12.8. The first-order valence-corrected chi connectivity index (χ1v) is 12.0. The average Bonchev–Trinajstić information content (AvgIpc) is 3.23. The number of aryl methyl sites for hydroxylation is 1. The van der Waals surface area contributed by atoms with E-state index in [1.54, 1.807) is 27.2 Å². The highest BCUT2D eigenvalue weighted by Crippen LogP contribution is 2.30. The lowest BCUT2D eigenvalue weighted by Crippen LogP contribution is -2.42. The fourth-order valence-electron chi connectivity index (χ4n) is 3.98. The van der Waals surface area contributed by atoms with Crippen LogP contribution in [0, 0.1) is 19.8 Å². The zero-order chi connectivity index (χ0) is 24.2. The summed E-state index contributed by atoms with van der Waals surface area (Å²) in [5.74, 6) is 0.972. The number of ether oxygens (including phenoxy) is 1. The van der Waals surface area contributed by atoms with Gasteiger partial charge in [-0.15, -0.1) is 0 Å². The third-order valence-corrected chi connectivity index (χ3v) is 6.86. The van der Waals surface area contributed by atoms with Gasteiger partial charge in [0.05, 0.1) is 31.0 Å². The van der Waals surface area contributed by atoms with Crippen LogP contribution in [0.15, 0.2) is 18.3 Å². The van der Waals surface area contributed by atoms with Gasteiger partial charge in [0.2, 0.25) is 5.91 Å². The van der Waals surface area contributed by atoms with E-state index in [9.17, 15) is 14.7 Å². The molecule has 0 atom stereocenters. The summed E-state index contributed by atoms with van der Waals surface area (Å²) in [6, 6.07) is 3.81. The average molecular weight is 475 g/mol. The van der Waals surface area contributed by atoms with Crippen molar-refractivity contribution in [1.29, 1.82) is 0 Å². The zero-order valence-corrected chi connectivity index (χ0v) is 20.8. The van der Waals surface area contributed by atoms with Gasteiger partial charge in [-0.05, 0) is 58.1 Å². The van der Waals surface area contributed by atoms with Crippen molar-refractivity contribution in [2.75, 3.05) is 37.4 Å². The van der Waals surface area contributed by atoms with E-state index in [0.717, 1.165) is 42.0 Å².